The highest BCUT2D eigenvalue weighted by molar-refractivity contribution is 6.02. The molecule has 136 valence electrons. The van der Waals surface area contributed by atoms with Gasteiger partial charge in [0.25, 0.3) is 5.91 Å². The molecule has 0 spiro atoms. The van der Waals surface area contributed by atoms with Crippen molar-refractivity contribution >= 4 is 17.5 Å². The maximum absolute atomic E-state index is 13.1. The van der Waals surface area contributed by atoms with Gasteiger partial charge in [-0.05, 0) is 56.2 Å². The minimum absolute atomic E-state index is 0.245. The Morgan fingerprint density at radius 3 is 2.65 bits per heavy atom. The molecule has 2 aromatic carbocycles. The molecule has 1 heterocycles. The van der Waals surface area contributed by atoms with Crippen molar-refractivity contribution in [3.8, 4) is 5.75 Å². The summed E-state index contributed by atoms with van der Waals surface area (Å²) in [5.74, 6) is -0.312. The zero-order chi connectivity index (χ0) is 18.5. The number of likely N-dealkylation sites (tertiary alicyclic amines) is 1. The molecule has 1 aliphatic heterocycles. The third-order valence-corrected chi connectivity index (χ3v) is 4.35. The molecular formula is C20H21FN2O3. The smallest absolute Gasteiger partial charge is 0.254 e. The van der Waals surface area contributed by atoms with Crippen molar-refractivity contribution in [2.24, 2.45) is 0 Å². The summed E-state index contributed by atoms with van der Waals surface area (Å²) in [6.45, 7) is 2.87. The number of nitrogens with one attached hydrogen (secondary N) is 1. The molecule has 0 radical (unpaired) electrons. The number of carbonyl (C=O) groups excluding carboxylic acids is 2. The summed E-state index contributed by atoms with van der Waals surface area (Å²) in [7, 11) is 0. The first kappa shape index (κ1) is 17.9. The highest BCUT2D eigenvalue weighted by Gasteiger charge is 2.34. The third-order valence-electron chi connectivity index (χ3n) is 4.35. The van der Waals surface area contributed by atoms with Crippen LogP contribution in [0.4, 0.5) is 10.1 Å². The summed E-state index contributed by atoms with van der Waals surface area (Å²) in [4.78, 5) is 27.0. The first-order valence-electron chi connectivity index (χ1n) is 8.69. The van der Waals surface area contributed by atoms with Gasteiger partial charge in [0.05, 0.1) is 12.3 Å². The number of hydrogen-bond donors (Lipinski definition) is 1. The highest BCUT2D eigenvalue weighted by atomic mass is 19.1. The molecule has 2 amide bonds. The van der Waals surface area contributed by atoms with E-state index in [2.05, 4.69) is 5.32 Å². The van der Waals surface area contributed by atoms with Gasteiger partial charge in [-0.2, -0.15) is 0 Å². The maximum atomic E-state index is 13.1. The fraction of sp³-hybridized carbons (Fsp3) is 0.300. The van der Waals surface area contributed by atoms with E-state index in [0.29, 0.717) is 36.6 Å². The van der Waals surface area contributed by atoms with Crippen molar-refractivity contribution in [1.29, 1.82) is 0 Å². The standard InChI is InChI=1S/C20H21FN2O3/c1-2-26-18-8-4-3-6-16(18)22-19(24)17-7-5-13-23(17)20(25)14-9-11-15(21)12-10-14/h3-4,6,8-12,17H,2,5,7,13H2,1H3,(H,22,24). The van der Waals surface area contributed by atoms with Gasteiger partial charge in [0, 0.05) is 12.1 Å². The Morgan fingerprint density at radius 2 is 1.92 bits per heavy atom. The lowest BCUT2D eigenvalue weighted by atomic mass is 10.1. The van der Waals surface area contributed by atoms with Gasteiger partial charge in [-0.15, -0.1) is 0 Å². The zero-order valence-corrected chi connectivity index (χ0v) is 14.6. The SMILES string of the molecule is CCOc1ccccc1NC(=O)C1CCCN1C(=O)c1ccc(F)cc1. The summed E-state index contributed by atoms with van der Waals surface area (Å²) in [5, 5.41) is 2.86. The van der Waals surface area contributed by atoms with Gasteiger partial charge >= 0.3 is 0 Å². The Kier molecular flexibility index (Phi) is 5.51. The number of para-hydroxylation sites is 2. The number of amides is 2. The van der Waals surface area contributed by atoms with Gasteiger partial charge in [0.1, 0.15) is 17.6 Å². The third kappa shape index (κ3) is 3.85. The number of benzene rings is 2. The van der Waals surface area contributed by atoms with Crippen LogP contribution in [0, 0.1) is 5.82 Å². The molecule has 1 fully saturated rings. The average molecular weight is 356 g/mol. The molecule has 0 saturated carbocycles. The molecule has 1 saturated heterocycles. The van der Waals surface area contributed by atoms with Gasteiger partial charge in [-0.25, -0.2) is 4.39 Å². The predicted octanol–water partition coefficient (Wildman–Crippen LogP) is 3.47. The highest BCUT2D eigenvalue weighted by Crippen LogP contribution is 2.26. The second-order valence-corrected chi connectivity index (χ2v) is 6.08. The van der Waals surface area contributed by atoms with Crippen LogP contribution in [0.2, 0.25) is 0 Å². The number of rotatable bonds is 5. The lowest BCUT2D eigenvalue weighted by molar-refractivity contribution is -0.119. The lowest BCUT2D eigenvalue weighted by Gasteiger charge is -2.24. The molecule has 3 rings (SSSR count). The summed E-state index contributed by atoms with van der Waals surface area (Å²) in [6.07, 6.45) is 1.34. The van der Waals surface area contributed by atoms with Crippen molar-refractivity contribution in [1.82, 2.24) is 4.90 Å². The Labute approximate surface area is 151 Å². The molecule has 1 unspecified atom stereocenters. The van der Waals surface area contributed by atoms with Gasteiger partial charge < -0.3 is 15.0 Å². The van der Waals surface area contributed by atoms with Crippen LogP contribution in [0.25, 0.3) is 0 Å². The summed E-state index contributed by atoms with van der Waals surface area (Å²) < 4.78 is 18.6. The molecule has 5 nitrogen and oxygen atoms in total. The Morgan fingerprint density at radius 1 is 1.19 bits per heavy atom. The molecule has 1 N–H and O–H groups in total. The van der Waals surface area contributed by atoms with E-state index < -0.39 is 11.9 Å². The summed E-state index contributed by atoms with van der Waals surface area (Å²) >= 11 is 0. The van der Waals surface area contributed by atoms with Crippen LogP contribution in [0.1, 0.15) is 30.1 Å². The van der Waals surface area contributed by atoms with Gasteiger partial charge in [0.2, 0.25) is 5.91 Å². The normalized spacial score (nSPS) is 16.4. The summed E-state index contributed by atoms with van der Waals surface area (Å²) in [6, 6.07) is 12.0. The fourth-order valence-corrected chi connectivity index (χ4v) is 3.11. The predicted molar refractivity (Wildman–Crippen MR) is 96.7 cm³/mol. The molecule has 0 bridgehead atoms. The van der Waals surface area contributed by atoms with E-state index >= 15 is 0 Å². The van der Waals surface area contributed by atoms with Gasteiger partial charge in [0.15, 0.2) is 0 Å². The van der Waals surface area contributed by atoms with Crippen molar-refractivity contribution in [3.63, 3.8) is 0 Å². The first-order valence-corrected chi connectivity index (χ1v) is 8.69. The molecule has 26 heavy (non-hydrogen) atoms. The fourth-order valence-electron chi connectivity index (χ4n) is 3.11. The van der Waals surface area contributed by atoms with Crippen LogP contribution in [0.5, 0.6) is 5.75 Å². The van der Waals surface area contributed by atoms with Crippen LogP contribution in [0.3, 0.4) is 0 Å². The number of hydrogen-bond acceptors (Lipinski definition) is 3. The molecule has 6 heteroatoms. The first-order chi connectivity index (χ1) is 12.6. The zero-order valence-electron chi connectivity index (χ0n) is 14.6. The maximum Gasteiger partial charge on any atom is 0.254 e. The Bertz CT molecular complexity index is 792. The monoisotopic (exact) mass is 356 g/mol. The van der Waals surface area contributed by atoms with E-state index in [-0.39, 0.29) is 11.8 Å². The van der Waals surface area contributed by atoms with E-state index in [4.69, 9.17) is 4.74 Å². The van der Waals surface area contributed by atoms with Crippen molar-refractivity contribution in [2.45, 2.75) is 25.8 Å². The van der Waals surface area contributed by atoms with E-state index in [1.807, 2.05) is 19.1 Å². The van der Waals surface area contributed by atoms with E-state index in [9.17, 15) is 14.0 Å². The molecule has 1 atom stereocenters. The van der Waals surface area contributed by atoms with Crippen molar-refractivity contribution < 1.29 is 18.7 Å². The second kappa shape index (κ2) is 7.99. The van der Waals surface area contributed by atoms with E-state index in [1.165, 1.54) is 24.3 Å². The second-order valence-electron chi connectivity index (χ2n) is 6.08. The number of anilines is 1. The van der Waals surface area contributed by atoms with Gasteiger partial charge in [-0.1, -0.05) is 12.1 Å². The Balaban J connectivity index is 1.74. The van der Waals surface area contributed by atoms with E-state index in [1.54, 1.807) is 17.0 Å². The molecule has 1 aliphatic rings. The molecule has 2 aromatic rings. The Hall–Kier alpha value is -2.89. The topological polar surface area (TPSA) is 58.6 Å². The molecule has 0 aliphatic carbocycles. The van der Waals surface area contributed by atoms with E-state index in [0.717, 1.165) is 6.42 Å². The van der Waals surface area contributed by atoms with Crippen molar-refractivity contribution in [2.75, 3.05) is 18.5 Å². The largest absolute Gasteiger partial charge is 0.492 e. The molecular weight excluding hydrogens is 335 g/mol. The van der Waals surface area contributed by atoms with Crippen molar-refractivity contribution in [3.05, 3.63) is 59.9 Å². The number of halogens is 1. The minimum atomic E-state index is -0.553. The van der Waals surface area contributed by atoms with Gasteiger partial charge in [-0.3, -0.25) is 9.59 Å². The number of nitrogens with zero attached hydrogens (tertiary/aromatic N) is 1. The van der Waals surface area contributed by atoms with Crippen LogP contribution in [-0.4, -0.2) is 35.9 Å². The van der Waals surface area contributed by atoms with Crippen LogP contribution >= 0.6 is 0 Å². The lowest BCUT2D eigenvalue weighted by Crippen LogP contribution is -2.43. The minimum Gasteiger partial charge on any atom is -0.492 e. The summed E-state index contributed by atoms with van der Waals surface area (Å²) in [5.41, 5.74) is 0.959. The quantitative estimate of drug-likeness (QED) is 0.892. The average Bonchev–Trinajstić information content (AvgIpc) is 3.13. The van der Waals surface area contributed by atoms with Crippen LogP contribution in [0.15, 0.2) is 48.5 Å². The van der Waals surface area contributed by atoms with Crippen LogP contribution in [-0.2, 0) is 4.79 Å². The number of ether oxygens (including phenoxy) is 1. The number of carbonyl (C=O) groups is 2. The van der Waals surface area contributed by atoms with Crippen LogP contribution < -0.4 is 10.1 Å². The molecule has 0 aromatic heterocycles.